The number of tetrazole rings is 1. The zero-order valence-electron chi connectivity index (χ0n) is 20.8. The number of aryl methyl sites for hydroxylation is 1. The van der Waals surface area contributed by atoms with Gasteiger partial charge in [-0.15, -0.1) is 0 Å². The van der Waals surface area contributed by atoms with Crippen molar-refractivity contribution in [3.05, 3.63) is 98.7 Å². The van der Waals surface area contributed by atoms with Gasteiger partial charge in [0.25, 0.3) is 5.91 Å². The van der Waals surface area contributed by atoms with Crippen LogP contribution in [0, 0.1) is 6.92 Å². The number of nitrogens with zero attached hydrogens (tertiary/aromatic N) is 4. The second-order valence-corrected chi connectivity index (χ2v) is 9.55. The minimum Gasteiger partial charge on any atom is -0.493 e. The van der Waals surface area contributed by atoms with Crippen LogP contribution in [0.2, 0.25) is 10.0 Å². The van der Waals surface area contributed by atoms with Crippen LogP contribution in [-0.4, -0.2) is 33.2 Å². The molecular formula is C27H24Cl2N6O3. The summed E-state index contributed by atoms with van der Waals surface area (Å²) in [5.74, 6) is 1.10. The second-order valence-electron chi connectivity index (χ2n) is 8.73. The van der Waals surface area contributed by atoms with Crippen LogP contribution in [0.25, 0.3) is 0 Å². The van der Waals surface area contributed by atoms with Gasteiger partial charge in [0.2, 0.25) is 5.95 Å². The van der Waals surface area contributed by atoms with Gasteiger partial charge in [0.05, 0.1) is 12.7 Å². The molecule has 1 amide bonds. The van der Waals surface area contributed by atoms with E-state index in [1.807, 2.05) is 44.2 Å². The van der Waals surface area contributed by atoms with Gasteiger partial charge in [-0.2, -0.15) is 4.68 Å². The van der Waals surface area contributed by atoms with Gasteiger partial charge in [-0.3, -0.25) is 4.79 Å². The third kappa shape index (κ3) is 5.03. The van der Waals surface area contributed by atoms with E-state index in [1.54, 1.807) is 42.1 Å². The number of hydrogen-bond acceptors (Lipinski definition) is 7. The molecule has 0 spiro atoms. The van der Waals surface area contributed by atoms with Gasteiger partial charge in [0.15, 0.2) is 11.5 Å². The van der Waals surface area contributed by atoms with Crippen molar-refractivity contribution in [3.8, 4) is 11.5 Å². The van der Waals surface area contributed by atoms with Crippen LogP contribution in [0.3, 0.4) is 0 Å². The number of allylic oxidation sites excluding steroid dienone is 1. The highest BCUT2D eigenvalue weighted by Crippen LogP contribution is 2.39. The molecule has 1 aromatic heterocycles. The summed E-state index contributed by atoms with van der Waals surface area (Å²) in [7, 11) is 1.55. The Bertz CT molecular complexity index is 1510. The predicted molar refractivity (Wildman–Crippen MR) is 146 cm³/mol. The first kappa shape index (κ1) is 25.6. The molecule has 11 heteroatoms. The average Bonchev–Trinajstić information content (AvgIpc) is 3.37. The molecule has 0 saturated heterocycles. The summed E-state index contributed by atoms with van der Waals surface area (Å²) < 4.78 is 13.2. The van der Waals surface area contributed by atoms with Crippen LogP contribution < -0.4 is 20.1 Å². The van der Waals surface area contributed by atoms with Gasteiger partial charge < -0.3 is 20.1 Å². The van der Waals surface area contributed by atoms with Gasteiger partial charge in [-0.1, -0.05) is 58.1 Å². The van der Waals surface area contributed by atoms with Crippen LogP contribution in [0.4, 0.5) is 11.6 Å². The minimum atomic E-state index is -0.618. The molecule has 0 bridgehead atoms. The van der Waals surface area contributed by atoms with Crippen molar-refractivity contribution in [2.45, 2.75) is 26.5 Å². The second kappa shape index (κ2) is 10.7. The molecule has 2 heterocycles. The topological polar surface area (TPSA) is 103 Å². The number of aromatic nitrogens is 4. The first-order valence-corrected chi connectivity index (χ1v) is 12.5. The highest BCUT2D eigenvalue weighted by Gasteiger charge is 2.34. The maximum Gasteiger partial charge on any atom is 0.255 e. The molecule has 9 nitrogen and oxygen atoms in total. The van der Waals surface area contributed by atoms with E-state index in [-0.39, 0.29) is 12.5 Å². The summed E-state index contributed by atoms with van der Waals surface area (Å²) in [6, 6.07) is 17.7. The maximum absolute atomic E-state index is 13.6. The van der Waals surface area contributed by atoms with Crippen LogP contribution >= 0.6 is 23.2 Å². The molecular weight excluding hydrogens is 527 g/mol. The van der Waals surface area contributed by atoms with Gasteiger partial charge in [-0.25, -0.2) is 0 Å². The highest BCUT2D eigenvalue weighted by atomic mass is 35.5. The van der Waals surface area contributed by atoms with Gasteiger partial charge in [-0.05, 0) is 66.2 Å². The first-order valence-electron chi connectivity index (χ1n) is 11.7. The molecule has 0 saturated carbocycles. The molecule has 0 aliphatic carbocycles. The lowest BCUT2D eigenvalue weighted by Gasteiger charge is -2.28. The van der Waals surface area contributed by atoms with Gasteiger partial charge in [0, 0.05) is 27.0 Å². The molecule has 1 unspecified atom stereocenters. The maximum atomic E-state index is 13.6. The quantitative estimate of drug-likeness (QED) is 0.299. The number of hydrogen-bond donors (Lipinski definition) is 2. The SMILES string of the molecule is COc1cc(C2C(C(=O)Nc3ccc(C)cc3)=C(C)Nc3nnnn32)ccc1OCc1c(Cl)cccc1Cl. The Labute approximate surface area is 229 Å². The molecule has 1 aliphatic rings. The number of halogens is 2. The molecule has 2 N–H and O–H groups in total. The van der Waals surface area contributed by atoms with E-state index in [2.05, 4.69) is 26.2 Å². The molecule has 1 aliphatic heterocycles. The van der Waals surface area contributed by atoms with Crippen LogP contribution in [0.15, 0.2) is 71.9 Å². The number of carbonyl (C=O) groups is 1. The van der Waals surface area contributed by atoms with Crippen LogP contribution in [0.5, 0.6) is 11.5 Å². The minimum absolute atomic E-state index is 0.155. The van der Waals surface area contributed by atoms with Crippen LogP contribution in [-0.2, 0) is 11.4 Å². The fourth-order valence-electron chi connectivity index (χ4n) is 4.24. The lowest BCUT2D eigenvalue weighted by atomic mass is 9.94. The normalized spacial score (nSPS) is 14.5. The predicted octanol–water partition coefficient (Wildman–Crippen LogP) is 5.80. The van der Waals surface area contributed by atoms with Crippen molar-refractivity contribution in [1.82, 2.24) is 20.2 Å². The van der Waals surface area contributed by atoms with Crippen molar-refractivity contribution in [3.63, 3.8) is 0 Å². The zero-order valence-corrected chi connectivity index (χ0v) is 22.3. The van der Waals surface area contributed by atoms with E-state index in [0.717, 1.165) is 11.1 Å². The number of nitrogens with one attached hydrogen (secondary N) is 2. The van der Waals surface area contributed by atoms with Gasteiger partial charge >= 0.3 is 0 Å². The van der Waals surface area contributed by atoms with Crippen molar-refractivity contribution in [2.75, 3.05) is 17.7 Å². The summed E-state index contributed by atoms with van der Waals surface area (Å²) in [6.45, 7) is 3.96. The van der Waals surface area contributed by atoms with E-state index >= 15 is 0 Å². The van der Waals surface area contributed by atoms with Crippen LogP contribution in [0.1, 0.15) is 29.7 Å². The van der Waals surface area contributed by atoms with Gasteiger partial charge in [0.1, 0.15) is 12.6 Å². The molecule has 1 atom stereocenters. The van der Waals surface area contributed by atoms with E-state index in [9.17, 15) is 4.79 Å². The number of carbonyl (C=O) groups excluding carboxylic acids is 1. The summed E-state index contributed by atoms with van der Waals surface area (Å²) >= 11 is 12.6. The smallest absolute Gasteiger partial charge is 0.255 e. The number of benzene rings is 3. The number of fused-ring (bicyclic) bond motifs is 1. The molecule has 38 heavy (non-hydrogen) atoms. The number of rotatable bonds is 7. The van der Waals surface area contributed by atoms with Crippen molar-refractivity contribution in [1.29, 1.82) is 0 Å². The summed E-state index contributed by atoms with van der Waals surface area (Å²) in [6.07, 6.45) is 0. The molecule has 5 rings (SSSR count). The largest absolute Gasteiger partial charge is 0.493 e. The Morgan fingerprint density at radius 3 is 2.50 bits per heavy atom. The Hall–Kier alpha value is -4.08. The van der Waals surface area contributed by atoms with E-state index in [4.69, 9.17) is 32.7 Å². The standard InChI is InChI=1S/C27H24Cl2N6O3/c1-15-7-10-18(11-8-15)31-26(36)24-16(2)30-27-32-33-34-35(27)25(24)17-9-12-22(23(13-17)37-3)38-14-19-20(28)5-4-6-21(19)29/h4-13,25H,14H2,1-3H3,(H,31,36)(H,30,32,34). The lowest BCUT2D eigenvalue weighted by molar-refractivity contribution is -0.113. The molecule has 0 fully saturated rings. The first-order chi connectivity index (χ1) is 18.4. The van der Waals surface area contributed by atoms with Crippen molar-refractivity contribution < 1.29 is 14.3 Å². The Kier molecular flexibility index (Phi) is 7.22. The monoisotopic (exact) mass is 550 g/mol. The average molecular weight is 551 g/mol. The summed E-state index contributed by atoms with van der Waals surface area (Å²) in [5, 5.41) is 19.1. The summed E-state index contributed by atoms with van der Waals surface area (Å²) in [5.41, 5.74) is 4.28. The Morgan fingerprint density at radius 1 is 1.05 bits per heavy atom. The summed E-state index contributed by atoms with van der Waals surface area (Å²) in [4.78, 5) is 13.6. The fraction of sp³-hybridized carbons (Fsp3) is 0.185. The number of amides is 1. The Balaban J connectivity index is 1.48. The molecule has 0 radical (unpaired) electrons. The van der Waals surface area contributed by atoms with E-state index in [1.165, 1.54) is 0 Å². The zero-order chi connectivity index (χ0) is 26.8. The van der Waals surface area contributed by atoms with E-state index in [0.29, 0.717) is 50.0 Å². The third-order valence-corrected chi connectivity index (χ3v) is 6.91. The molecule has 4 aromatic rings. The van der Waals surface area contributed by atoms with Crippen molar-refractivity contribution >= 4 is 40.7 Å². The van der Waals surface area contributed by atoms with E-state index < -0.39 is 6.04 Å². The lowest BCUT2D eigenvalue weighted by Crippen LogP contribution is -2.31. The molecule has 3 aromatic carbocycles. The number of anilines is 2. The van der Waals surface area contributed by atoms with Crippen molar-refractivity contribution in [2.24, 2.45) is 0 Å². The fourth-order valence-corrected chi connectivity index (χ4v) is 4.75. The molecule has 194 valence electrons. The third-order valence-electron chi connectivity index (χ3n) is 6.21. The number of methoxy groups -OCH3 is 1. The number of ether oxygens (including phenoxy) is 2. The Morgan fingerprint density at radius 2 is 1.79 bits per heavy atom. The highest BCUT2D eigenvalue weighted by molar-refractivity contribution is 6.35.